The fourth-order valence-electron chi connectivity index (χ4n) is 18.9. The summed E-state index contributed by atoms with van der Waals surface area (Å²) in [4.78, 5) is 120. The van der Waals surface area contributed by atoms with Crippen molar-refractivity contribution in [1.82, 2.24) is 58.3 Å². The Balaban J connectivity index is 0.000000178. The molecule has 6 atom stereocenters. The number of carbonyl (C=O) groups is 3. The van der Waals surface area contributed by atoms with Crippen LogP contribution >= 0.6 is 58.0 Å². The van der Waals surface area contributed by atoms with Crippen LogP contribution in [0.25, 0.3) is 83.9 Å². The molecule has 12 aromatic rings. The van der Waals surface area contributed by atoms with Crippen LogP contribution in [0.3, 0.4) is 0 Å². The summed E-state index contributed by atoms with van der Waals surface area (Å²) in [6.45, 7) is 40.1. The van der Waals surface area contributed by atoms with E-state index in [0.717, 1.165) is 0 Å². The van der Waals surface area contributed by atoms with E-state index >= 15 is 17.6 Å². The van der Waals surface area contributed by atoms with Crippen molar-refractivity contribution in [3.63, 3.8) is 0 Å². The number of terminal acetylenes is 3. The van der Waals surface area contributed by atoms with Gasteiger partial charge in [-0.15, -0.1) is 19.3 Å². The molecule has 0 aliphatic carbocycles. The molecule has 0 radical (unpaired) electrons. The van der Waals surface area contributed by atoms with E-state index in [4.69, 9.17) is 94.5 Å². The monoisotopic (exact) mass is 2030 g/mol. The van der Waals surface area contributed by atoms with Gasteiger partial charge in [0.25, 0.3) is 16.7 Å². The zero-order chi connectivity index (χ0) is 104. The molecule has 3 aromatic carbocycles. The van der Waals surface area contributed by atoms with Crippen LogP contribution in [0.4, 0.5) is 78.0 Å². The van der Waals surface area contributed by atoms with E-state index in [2.05, 4.69) is 67.4 Å². The maximum atomic E-state index is 15.4. The number of halogens is 15. The van der Waals surface area contributed by atoms with Gasteiger partial charge >= 0.3 is 0 Å². The predicted octanol–water partition coefficient (Wildman–Crippen LogP) is 19.8. The number of hydrogen-bond acceptors (Lipinski definition) is 18. The first-order valence-electron chi connectivity index (χ1n) is 44.1. The number of benzene rings is 3. The predicted molar refractivity (Wildman–Crippen MR) is 534 cm³/mol. The Hall–Kier alpha value is -14.0. The number of amides is 3. The lowest BCUT2D eigenvalue weighted by Gasteiger charge is -2.45. The standard InChI is InChI=1S/2C34H31Cl2F3N6O2.C34H31ClF4N6O2/c2*1-8-19-32(43-13-17(6)44(18(7)14-43)22(46)9-2)20-12-21(35)30(23-25(37)27(39)26(38)24(36)28(23)40)42-33(20)45(34(19)47)31-16(5)10-11-41-29(31)15(3)4;1-8-19-32(43-13-17(6)44(18(7)14-43)22(46)9-2)20-12-21(35)30(23-24(36)26(38)27(39)28(40)25(23)37)42-33(20)45(34(19)47)31-16(5)10-11-41-29(31)15(3)4/h3*1,9-12,15,17-18H,2,13-14,40H2,3-7H3/t3*17-,18+. The number of fused-ring (bicyclic) bond motifs is 3. The second-order valence-corrected chi connectivity index (χ2v) is 37.4. The summed E-state index contributed by atoms with van der Waals surface area (Å²) < 4.78 is 152. The Morgan fingerprint density at radius 3 is 0.865 bits per heavy atom. The smallest absolute Gasteiger partial charge is 0.274 e. The van der Waals surface area contributed by atoms with Crippen molar-refractivity contribution in [1.29, 1.82) is 0 Å². The fourth-order valence-corrected chi connectivity index (χ4v) is 20.0. The molecule has 732 valence electrons. The zero-order valence-electron chi connectivity index (χ0n) is 78.8. The number of aromatic nitrogens is 9. The van der Waals surface area contributed by atoms with Crippen molar-refractivity contribution in [3.05, 3.63) is 258 Å². The lowest BCUT2D eigenvalue weighted by atomic mass is 10.0. The van der Waals surface area contributed by atoms with E-state index in [1.807, 2.05) is 97.8 Å². The van der Waals surface area contributed by atoms with Gasteiger partial charge in [-0.25, -0.2) is 58.9 Å². The van der Waals surface area contributed by atoms with E-state index in [1.165, 1.54) is 50.1 Å². The minimum Gasteiger partial charge on any atom is -0.397 e. The number of carbonyl (C=O) groups excluding carboxylic acids is 3. The van der Waals surface area contributed by atoms with Gasteiger partial charge in [-0.2, -0.15) is 0 Å². The molecular weight excluding hydrogens is 1940 g/mol. The van der Waals surface area contributed by atoms with Gasteiger partial charge in [-0.05, 0) is 151 Å². The summed E-state index contributed by atoms with van der Waals surface area (Å²) in [6.07, 6.45) is 26.6. The van der Waals surface area contributed by atoms with Crippen LogP contribution in [0.15, 0.2) is 107 Å². The molecule has 3 fully saturated rings. The van der Waals surface area contributed by atoms with E-state index in [-0.39, 0.29) is 182 Å². The molecule has 15 rings (SSSR count). The molecule has 3 amide bonds. The summed E-state index contributed by atoms with van der Waals surface area (Å²) >= 11 is 32.0. The molecular formula is C102H93Cl5F10N18O6. The molecule has 3 saturated heterocycles. The van der Waals surface area contributed by atoms with Crippen molar-refractivity contribution >= 4 is 143 Å². The first-order valence-corrected chi connectivity index (χ1v) is 46.0. The van der Waals surface area contributed by atoms with Crippen LogP contribution in [0, 0.1) is 116 Å². The molecule has 24 nitrogen and oxygen atoms in total. The first-order chi connectivity index (χ1) is 66.5. The van der Waals surface area contributed by atoms with E-state index in [1.54, 1.807) is 72.3 Å². The van der Waals surface area contributed by atoms with E-state index in [9.17, 15) is 55.1 Å². The number of nitrogens with zero attached hydrogens (tertiary/aromatic N) is 15. The third-order valence-corrected chi connectivity index (χ3v) is 26.6. The molecule has 0 unspecified atom stereocenters. The third kappa shape index (κ3) is 18.0. The molecule has 12 heterocycles. The van der Waals surface area contributed by atoms with E-state index in [0.29, 0.717) is 73.0 Å². The highest BCUT2D eigenvalue weighted by Gasteiger charge is 2.42. The summed E-state index contributed by atoms with van der Waals surface area (Å²) in [5.74, 6) is -11.4. The molecule has 0 spiro atoms. The van der Waals surface area contributed by atoms with Crippen LogP contribution in [-0.2, 0) is 14.4 Å². The molecule has 3 aliphatic rings. The second-order valence-electron chi connectivity index (χ2n) is 35.4. The van der Waals surface area contributed by atoms with Gasteiger partial charge < -0.3 is 46.6 Å². The fraction of sp³-hybridized carbons (Fsp3) is 0.294. The summed E-state index contributed by atoms with van der Waals surface area (Å²) in [6, 6.07) is 7.30. The molecule has 0 bridgehead atoms. The maximum absolute atomic E-state index is 15.4. The van der Waals surface area contributed by atoms with Crippen molar-refractivity contribution in [2.75, 3.05) is 71.2 Å². The van der Waals surface area contributed by atoms with Gasteiger partial charge in [-0.3, -0.25) is 57.4 Å². The van der Waals surface area contributed by atoms with Crippen LogP contribution in [0.5, 0.6) is 0 Å². The van der Waals surface area contributed by atoms with Crippen LogP contribution in [-0.4, -0.2) is 152 Å². The molecule has 6 N–H and O–H groups in total. The topological polar surface area (TPSA) is 292 Å². The van der Waals surface area contributed by atoms with Gasteiger partial charge in [0, 0.05) is 110 Å². The lowest BCUT2D eigenvalue weighted by Crippen LogP contribution is -2.58. The minimum atomic E-state index is -2.02. The molecule has 0 saturated carbocycles. The Bertz CT molecular complexity index is 6860. The average Bonchev–Trinajstić information content (AvgIpc) is 0.726. The van der Waals surface area contributed by atoms with Crippen molar-refractivity contribution in [2.45, 2.75) is 158 Å². The van der Waals surface area contributed by atoms with Crippen molar-refractivity contribution in [3.8, 4) is 87.9 Å². The number of nitrogens with two attached hydrogens (primary N) is 3. The number of piperazine rings is 3. The number of hydrogen-bond donors (Lipinski definition) is 3. The van der Waals surface area contributed by atoms with Crippen molar-refractivity contribution in [2.24, 2.45) is 0 Å². The van der Waals surface area contributed by atoms with Crippen LogP contribution < -0.4 is 48.6 Å². The Labute approximate surface area is 829 Å². The van der Waals surface area contributed by atoms with E-state index < -0.39 is 124 Å². The quantitative estimate of drug-likeness (QED) is 0.0215. The zero-order valence-corrected chi connectivity index (χ0v) is 82.6. The molecule has 3 aliphatic heterocycles. The number of nitrogen functional groups attached to an aromatic ring is 3. The highest BCUT2D eigenvalue weighted by Crippen LogP contribution is 2.49. The van der Waals surface area contributed by atoms with Gasteiger partial charge in [-0.1, -0.05) is 137 Å². The van der Waals surface area contributed by atoms with Crippen LogP contribution in [0.1, 0.15) is 151 Å². The average molecular weight is 2030 g/mol. The highest BCUT2D eigenvalue weighted by atomic mass is 35.5. The normalized spacial score (nSPS) is 16.6. The molecule has 39 heteroatoms. The Morgan fingerprint density at radius 2 is 0.624 bits per heavy atom. The van der Waals surface area contributed by atoms with Gasteiger partial charge in [0.2, 0.25) is 17.7 Å². The first kappa shape index (κ1) is 104. The van der Waals surface area contributed by atoms with Crippen molar-refractivity contribution < 1.29 is 58.3 Å². The SMILES string of the molecule is C#Cc1c(N2C[C@@H](C)N(C(=O)C=C)[C@@H](C)C2)c2cc(Cl)c(-c3c(F)c(N)c(F)c(F)c3F)nc2n(-c2c(C)ccnc2C(C)C)c1=O.C#Cc1c(N2C[C@@H](C)N(C(=O)C=C)[C@@H](C)C2)c2cc(Cl)c(-c3c(N)c(Cl)c(F)c(F)c3F)nc2n(-c2c(C)ccnc2C(C)C)c1=O.C#Cc1c(N2C[C@@H](C)N(C(=O)C=C)[C@@H](C)C2)c2cc(Cl)c(-c3c(N)c(Cl)c(F)c(F)c3F)nc2n(-c2c(C)ccnc2C(C)C)c1=O. The summed E-state index contributed by atoms with van der Waals surface area (Å²) in [5.41, 5.74) is 14.4. The third-order valence-electron chi connectivity index (χ3n) is 25.0. The minimum absolute atomic E-state index is 0.00876. The Kier molecular flexibility index (Phi) is 30.1. The largest absolute Gasteiger partial charge is 0.397 e. The number of rotatable bonds is 15. The van der Waals surface area contributed by atoms with Crippen LogP contribution in [0.2, 0.25) is 25.1 Å². The second kappa shape index (κ2) is 40.7. The summed E-state index contributed by atoms with van der Waals surface area (Å²) in [5, 5.41) is -1.62. The summed E-state index contributed by atoms with van der Waals surface area (Å²) in [7, 11) is 0. The molecule has 9 aromatic heterocycles. The lowest BCUT2D eigenvalue weighted by molar-refractivity contribution is -0.131. The number of anilines is 6. The number of pyridine rings is 9. The molecule has 141 heavy (non-hydrogen) atoms. The highest BCUT2D eigenvalue weighted by molar-refractivity contribution is 6.37. The Morgan fingerprint density at radius 1 is 0.383 bits per heavy atom. The maximum Gasteiger partial charge on any atom is 0.274 e. The van der Waals surface area contributed by atoms with Gasteiger partial charge in [0.05, 0.1) is 111 Å². The number of aryl methyl sites for hydroxylation is 3. The van der Waals surface area contributed by atoms with Gasteiger partial charge in [0.1, 0.15) is 49.4 Å². The van der Waals surface area contributed by atoms with Gasteiger partial charge in [0.15, 0.2) is 58.2 Å².